The molecule has 3 fully saturated rings. The number of aryl methyl sites for hydroxylation is 1. The van der Waals surface area contributed by atoms with Crippen LogP contribution in [0.2, 0.25) is 5.02 Å². The molecule has 1 saturated heterocycles. The average Bonchev–Trinajstić information content (AvgIpc) is 3.95. The predicted octanol–water partition coefficient (Wildman–Crippen LogP) is 14.7. The van der Waals surface area contributed by atoms with E-state index in [1.165, 1.54) is 75.4 Å². The van der Waals surface area contributed by atoms with Crippen molar-refractivity contribution in [3.8, 4) is 5.69 Å². The summed E-state index contributed by atoms with van der Waals surface area (Å²) in [4.78, 5) is 38.1. The molecule has 0 radical (unpaired) electrons. The number of likely N-dealkylation sites (tertiary alicyclic amines) is 1. The van der Waals surface area contributed by atoms with Crippen LogP contribution in [-0.2, 0) is 34.5 Å². The van der Waals surface area contributed by atoms with Gasteiger partial charge in [0.05, 0.1) is 22.6 Å². The molecule has 2 aromatic carbocycles. The van der Waals surface area contributed by atoms with E-state index in [9.17, 15) is 48.9 Å². The lowest BCUT2D eigenvalue weighted by Gasteiger charge is -2.28. The maximum Gasteiger partial charge on any atom is 0.293 e. The SMILES string of the molecule is CC(=O)Cn1nc(C(F)F)c2c1C(F)(F)C1CC21.CCCC(=N)c1c(Cl)ccc(-n2c(C(Cc3cc(F)cc(F)c3)C(C)C)nc3nc(C4CCC(F)(F)CC4)cc(C)c3c2=O)c1C.CCCCCN1CCCC1.CS(C)=O. The van der Waals surface area contributed by atoms with Crippen LogP contribution >= 0.6 is 11.6 Å². The van der Waals surface area contributed by atoms with Gasteiger partial charge in [-0.05, 0) is 151 Å². The number of fused-ring (bicyclic) bond motifs is 4. The Bertz CT molecular complexity index is 3000. The largest absolute Gasteiger partial charge is 0.305 e. The zero-order valence-corrected chi connectivity index (χ0v) is 47.7. The first-order valence-corrected chi connectivity index (χ1v) is 29.4. The highest BCUT2D eigenvalue weighted by Gasteiger charge is 2.67. The van der Waals surface area contributed by atoms with Crippen molar-refractivity contribution in [2.75, 3.05) is 32.1 Å². The molecular formula is C58H74ClF8N7O3S. The fourth-order valence-electron chi connectivity index (χ4n) is 11.1. The van der Waals surface area contributed by atoms with Crippen molar-refractivity contribution in [2.45, 2.75) is 175 Å². The normalized spacial score (nSPS) is 18.7. The molecule has 3 aliphatic carbocycles. The van der Waals surface area contributed by atoms with Crippen molar-refractivity contribution >= 4 is 44.9 Å². The minimum Gasteiger partial charge on any atom is -0.305 e. The van der Waals surface area contributed by atoms with Crippen molar-refractivity contribution in [3.05, 3.63) is 114 Å². The highest BCUT2D eigenvalue weighted by atomic mass is 35.5. The third-order valence-electron chi connectivity index (χ3n) is 15.0. The molecule has 9 rings (SSSR count). The van der Waals surface area contributed by atoms with Gasteiger partial charge in [-0.2, -0.15) is 13.9 Å². The number of halogens is 9. The number of nitrogens with zero attached hydrogens (tertiary/aromatic N) is 6. The molecule has 428 valence electrons. The molecule has 2 saturated carbocycles. The van der Waals surface area contributed by atoms with Crippen LogP contribution in [0.4, 0.5) is 35.1 Å². The number of carbonyl (C=O) groups is 1. The van der Waals surface area contributed by atoms with Gasteiger partial charge in [-0.15, -0.1) is 0 Å². The van der Waals surface area contributed by atoms with E-state index in [-0.39, 0.29) is 73.7 Å². The monoisotopic (exact) mass is 1140 g/mol. The summed E-state index contributed by atoms with van der Waals surface area (Å²) in [5.41, 5.74) is 2.47. The molecule has 0 spiro atoms. The van der Waals surface area contributed by atoms with Gasteiger partial charge >= 0.3 is 0 Å². The Kier molecular flexibility index (Phi) is 21.2. The summed E-state index contributed by atoms with van der Waals surface area (Å²) in [5, 5.41) is 12.9. The fourth-order valence-corrected chi connectivity index (χ4v) is 11.4. The van der Waals surface area contributed by atoms with Crippen LogP contribution in [0, 0.1) is 42.7 Å². The van der Waals surface area contributed by atoms with Gasteiger partial charge in [-0.3, -0.25) is 23.0 Å². The molecule has 3 aromatic heterocycles. The number of ketones is 1. The number of pyridine rings is 1. The molecule has 5 aromatic rings. The third-order valence-corrected chi connectivity index (χ3v) is 15.3. The molecule has 3 unspecified atom stereocenters. The van der Waals surface area contributed by atoms with Crippen molar-refractivity contribution in [1.82, 2.24) is 29.2 Å². The highest BCUT2D eigenvalue weighted by Crippen LogP contribution is 2.68. The first-order chi connectivity index (χ1) is 36.7. The number of carbonyl (C=O) groups excluding carboxylic acids is 1. The summed E-state index contributed by atoms with van der Waals surface area (Å²) in [6, 6.07) is 8.58. The molecule has 10 nitrogen and oxygen atoms in total. The van der Waals surface area contributed by atoms with Gasteiger partial charge in [-0.25, -0.2) is 36.3 Å². The van der Waals surface area contributed by atoms with Crippen LogP contribution in [0.25, 0.3) is 16.7 Å². The molecule has 20 heteroatoms. The van der Waals surface area contributed by atoms with Crippen LogP contribution in [-0.4, -0.2) is 83.0 Å². The van der Waals surface area contributed by atoms with E-state index >= 15 is 0 Å². The number of rotatable bonds is 16. The van der Waals surface area contributed by atoms with Crippen LogP contribution in [0.1, 0.15) is 187 Å². The molecule has 4 heterocycles. The lowest BCUT2D eigenvalue weighted by atomic mass is 9.84. The Labute approximate surface area is 460 Å². The number of hydrogen-bond donors (Lipinski definition) is 1. The average molecular weight is 1140 g/mol. The topological polar surface area (TPSA) is 127 Å². The maximum absolute atomic E-state index is 14.7. The first-order valence-electron chi connectivity index (χ1n) is 27.1. The summed E-state index contributed by atoms with van der Waals surface area (Å²) < 4.78 is 122. The number of aromatic nitrogens is 5. The van der Waals surface area contributed by atoms with Gasteiger partial charge in [-0.1, -0.05) is 58.6 Å². The fraction of sp³-hybridized carbons (Fsp3) is 0.586. The zero-order chi connectivity index (χ0) is 57.6. The Morgan fingerprint density at radius 1 is 0.936 bits per heavy atom. The van der Waals surface area contributed by atoms with E-state index in [1.807, 2.05) is 27.7 Å². The highest BCUT2D eigenvalue weighted by molar-refractivity contribution is 7.83. The van der Waals surface area contributed by atoms with Crippen molar-refractivity contribution in [1.29, 1.82) is 5.41 Å². The van der Waals surface area contributed by atoms with E-state index in [1.54, 1.807) is 37.6 Å². The molecule has 78 heavy (non-hydrogen) atoms. The van der Waals surface area contributed by atoms with Gasteiger partial charge < -0.3 is 10.3 Å². The second-order valence-corrected chi connectivity index (χ2v) is 23.7. The van der Waals surface area contributed by atoms with Crippen LogP contribution in [0.15, 0.2) is 41.2 Å². The molecular weight excluding hydrogens is 1060 g/mol. The van der Waals surface area contributed by atoms with Gasteiger partial charge in [0.1, 0.15) is 28.8 Å². The van der Waals surface area contributed by atoms with Gasteiger partial charge in [0, 0.05) is 82.5 Å². The Balaban J connectivity index is 0.000000247. The van der Waals surface area contributed by atoms with E-state index in [0.29, 0.717) is 62.0 Å². The second kappa shape index (κ2) is 26.6. The number of benzene rings is 2. The lowest BCUT2D eigenvalue weighted by Crippen LogP contribution is -2.30. The van der Waals surface area contributed by atoms with E-state index in [0.717, 1.165) is 17.2 Å². The number of nitrogens with one attached hydrogen (secondary N) is 1. The quantitative estimate of drug-likeness (QED) is 0.0592. The zero-order valence-electron chi connectivity index (χ0n) is 46.2. The summed E-state index contributed by atoms with van der Waals surface area (Å²) in [7, 11) is -0.611. The number of hydrogen-bond acceptors (Lipinski definition) is 8. The smallest absolute Gasteiger partial charge is 0.293 e. The standard InChI is InChI=1S/C36H39ClF4N4O.C11H10F4N2O.C9H19N.C2H6OS/c1-6-7-28(42)32-21(5)30(9-8-27(32)37)45-34(26(19(2)3)17-22-15-24(38)18-25(39)16-22)44-33-31(35(45)46)20(4)14-29(43-33)23-10-12-36(40,41)13-11-23;1-4(18)3-17-9-7(8(16-17)10(12)13)5-2-6(5)11(9,14)15;1-2-3-4-7-10-8-5-6-9-10;1-4(2)3/h8-9,14-16,18-19,23,26,42H,6-7,10-13,17H2,1-5H3;5-6,10H,2-3H2,1H3;2-9H2,1H3;1-2H3. The third kappa shape index (κ3) is 14.9. The molecule has 4 aliphatic rings. The maximum atomic E-state index is 14.7. The van der Waals surface area contributed by atoms with Gasteiger partial charge in [0.25, 0.3) is 17.9 Å². The van der Waals surface area contributed by atoms with Crippen LogP contribution < -0.4 is 5.56 Å². The van der Waals surface area contributed by atoms with E-state index in [2.05, 4.69) is 16.9 Å². The number of Topliss-reactive ketones (excluding diaryl/α,β-unsaturated/α-hetero) is 1. The summed E-state index contributed by atoms with van der Waals surface area (Å²) in [6.07, 6.45) is 9.23. The molecule has 3 atom stereocenters. The number of unbranched alkanes of at least 4 members (excludes halogenated alkanes) is 2. The lowest BCUT2D eigenvalue weighted by molar-refractivity contribution is -0.118. The van der Waals surface area contributed by atoms with Crippen LogP contribution in [0.5, 0.6) is 0 Å². The number of alkyl halides is 6. The van der Waals surface area contributed by atoms with Gasteiger partial charge in [0.2, 0.25) is 5.92 Å². The predicted molar refractivity (Wildman–Crippen MR) is 293 cm³/mol. The minimum atomic E-state index is -3.14. The van der Waals surface area contributed by atoms with Crippen molar-refractivity contribution < 1.29 is 44.1 Å². The molecule has 0 amide bonds. The van der Waals surface area contributed by atoms with Gasteiger partial charge in [0.15, 0.2) is 11.4 Å². The Hall–Kier alpha value is -4.88. The summed E-state index contributed by atoms with van der Waals surface area (Å²) in [6.45, 7) is 16.7. The Morgan fingerprint density at radius 2 is 1.56 bits per heavy atom. The van der Waals surface area contributed by atoms with Crippen LogP contribution in [0.3, 0.4) is 0 Å². The summed E-state index contributed by atoms with van der Waals surface area (Å²) in [5.74, 6) is -9.46. The van der Waals surface area contributed by atoms with Crippen molar-refractivity contribution in [3.63, 3.8) is 0 Å². The molecule has 1 N–H and O–H groups in total. The minimum absolute atomic E-state index is 0.0266. The molecule has 1 aliphatic heterocycles. The summed E-state index contributed by atoms with van der Waals surface area (Å²) >= 11 is 6.61. The molecule has 0 bridgehead atoms. The second-order valence-electron chi connectivity index (χ2n) is 21.8. The van der Waals surface area contributed by atoms with E-state index < -0.39 is 75.6 Å². The van der Waals surface area contributed by atoms with E-state index in [4.69, 9.17) is 27.0 Å². The Morgan fingerprint density at radius 3 is 2.13 bits per heavy atom. The van der Waals surface area contributed by atoms with Crippen molar-refractivity contribution in [2.24, 2.45) is 11.8 Å². The first kappa shape index (κ1) is 62.3.